The molecule has 0 bridgehead atoms. The number of alkyl halides is 6. The van der Waals surface area contributed by atoms with E-state index in [-0.39, 0.29) is 22.3 Å². The van der Waals surface area contributed by atoms with Crippen LogP contribution in [0, 0.1) is 22.7 Å². The van der Waals surface area contributed by atoms with Crippen LogP contribution in [0.4, 0.5) is 26.3 Å². The normalized spacial score (nSPS) is 11.6. The predicted molar refractivity (Wildman–Crippen MR) is 96.7 cm³/mol. The molecule has 3 aromatic carbocycles. The Hall–Kier alpha value is -3.78. The van der Waals surface area contributed by atoms with Gasteiger partial charge in [0, 0.05) is 11.1 Å². The highest BCUT2D eigenvalue weighted by Gasteiger charge is 2.31. The van der Waals surface area contributed by atoms with Crippen LogP contribution in [0.5, 0.6) is 0 Å². The summed E-state index contributed by atoms with van der Waals surface area (Å²) in [6, 6.07) is 14.9. The molecule has 0 amide bonds. The molecular formula is C22H10F6N2. The molecule has 3 rings (SSSR count). The Morgan fingerprint density at radius 1 is 0.500 bits per heavy atom. The first kappa shape index (κ1) is 20.9. The molecule has 0 saturated carbocycles. The molecular weight excluding hydrogens is 406 g/mol. The Balaban J connectivity index is 2.10. The molecule has 2 nitrogen and oxygen atoms in total. The van der Waals surface area contributed by atoms with Crippen molar-refractivity contribution in [3.63, 3.8) is 0 Å². The molecule has 0 aromatic heterocycles. The molecule has 0 aliphatic carbocycles. The van der Waals surface area contributed by atoms with E-state index in [2.05, 4.69) is 0 Å². The number of nitriles is 2. The zero-order valence-corrected chi connectivity index (χ0v) is 14.9. The lowest BCUT2D eigenvalue weighted by atomic mass is 9.89. The first-order chi connectivity index (χ1) is 14.1. The summed E-state index contributed by atoms with van der Waals surface area (Å²) >= 11 is 0. The molecule has 8 heteroatoms. The maximum atomic E-state index is 12.8. The fourth-order valence-electron chi connectivity index (χ4n) is 2.99. The highest BCUT2D eigenvalue weighted by Crippen LogP contribution is 2.36. The molecule has 0 aliphatic rings. The third kappa shape index (κ3) is 3.99. The second-order valence-electron chi connectivity index (χ2n) is 6.28. The number of nitrogens with zero attached hydrogens (tertiary/aromatic N) is 2. The first-order valence-corrected chi connectivity index (χ1v) is 8.38. The fraction of sp³-hybridized carbons (Fsp3) is 0.0909. The first-order valence-electron chi connectivity index (χ1n) is 8.38. The topological polar surface area (TPSA) is 47.6 Å². The summed E-state index contributed by atoms with van der Waals surface area (Å²) in [5, 5.41) is 19.1. The lowest BCUT2D eigenvalue weighted by Gasteiger charge is -2.13. The van der Waals surface area contributed by atoms with Crippen molar-refractivity contribution < 1.29 is 26.3 Å². The number of halogens is 6. The maximum absolute atomic E-state index is 12.8. The van der Waals surface area contributed by atoms with Crippen LogP contribution in [0.1, 0.15) is 22.3 Å². The molecule has 0 heterocycles. The van der Waals surface area contributed by atoms with Crippen molar-refractivity contribution in [3.05, 3.63) is 82.9 Å². The van der Waals surface area contributed by atoms with Gasteiger partial charge in [0.1, 0.15) is 12.1 Å². The SMILES string of the molecule is N#Cc1c(-c2ccc(C(F)(F)F)cc2)ccc(-c2ccc(C(F)(F)F)cc2)c1C#N. The fourth-order valence-corrected chi connectivity index (χ4v) is 2.99. The molecule has 0 spiro atoms. The minimum atomic E-state index is -4.51. The van der Waals surface area contributed by atoms with Crippen molar-refractivity contribution in [3.8, 4) is 34.4 Å². The van der Waals surface area contributed by atoms with Crippen molar-refractivity contribution in [2.24, 2.45) is 0 Å². The van der Waals surface area contributed by atoms with Gasteiger partial charge in [-0.25, -0.2) is 0 Å². The second-order valence-corrected chi connectivity index (χ2v) is 6.28. The minimum absolute atomic E-state index is 0.0744. The van der Waals surface area contributed by atoms with E-state index in [9.17, 15) is 36.9 Å². The van der Waals surface area contributed by atoms with E-state index < -0.39 is 23.5 Å². The van der Waals surface area contributed by atoms with Gasteiger partial charge in [0.2, 0.25) is 0 Å². The molecule has 0 radical (unpaired) electrons. The third-order valence-electron chi connectivity index (χ3n) is 4.48. The van der Waals surface area contributed by atoms with Gasteiger partial charge in [0.05, 0.1) is 22.3 Å². The number of hydrogen-bond acceptors (Lipinski definition) is 2. The third-order valence-corrected chi connectivity index (χ3v) is 4.48. The summed E-state index contributed by atoms with van der Waals surface area (Å²) < 4.78 is 76.6. The van der Waals surface area contributed by atoms with E-state index in [1.807, 2.05) is 12.1 Å². The quantitative estimate of drug-likeness (QED) is 0.431. The van der Waals surface area contributed by atoms with Gasteiger partial charge >= 0.3 is 12.4 Å². The molecule has 0 fully saturated rings. The Kier molecular flexibility index (Phi) is 5.28. The van der Waals surface area contributed by atoms with E-state index >= 15 is 0 Å². The lowest BCUT2D eigenvalue weighted by Crippen LogP contribution is -2.04. The molecule has 0 saturated heterocycles. The monoisotopic (exact) mass is 416 g/mol. The highest BCUT2D eigenvalue weighted by molar-refractivity contribution is 5.82. The van der Waals surface area contributed by atoms with Gasteiger partial charge in [-0.2, -0.15) is 36.9 Å². The largest absolute Gasteiger partial charge is 0.416 e. The predicted octanol–water partition coefficient (Wildman–Crippen LogP) is 6.80. The summed E-state index contributed by atoms with van der Waals surface area (Å²) in [7, 11) is 0. The molecule has 150 valence electrons. The van der Waals surface area contributed by atoms with Gasteiger partial charge in [0.15, 0.2) is 0 Å². The van der Waals surface area contributed by atoms with E-state index in [4.69, 9.17) is 0 Å². The van der Waals surface area contributed by atoms with E-state index in [1.165, 1.54) is 36.4 Å². The van der Waals surface area contributed by atoms with E-state index in [0.717, 1.165) is 24.3 Å². The Morgan fingerprint density at radius 2 is 0.800 bits per heavy atom. The van der Waals surface area contributed by atoms with Crippen molar-refractivity contribution in [2.75, 3.05) is 0 Å². The summed E-state index contributed by atoms with van der Waals surface area (Å²) in [6.07, 6.45) is -9.03. The Labute approximate surface area is 167 Å². The van der Waals surface area contributed by atoms with Crippen molar-refractivity contribution in [1.29, 1.82) is 10.5 Å². The smallest absolute Gasteiger partial charge is 0.192 e. The zero-order chi connectivity index (χ0) is 22.1. The van der Waals surface area contributed by atoms with Crippen LogP contribution in [0.25, 0.3) is 22.3 Å². The summed E-state index contributed by atoms with van der Waals surface area (Å²) in [5.74, 6) is 0. The van der Waals surface area contributed by atoms with Gasteiger partial charge in [-0.1, -0.05) is 36.4 Å². The zero-order valence-electron chi connectivity index (χ0n) is 14.9. The van der Waals surface area contributed by atoms with Gasteiger partial charge in [-0.3, -0.25) is 0 Å². The van der Waals surface area contributed by atoms with Crippen LogP contribution in [0.2, 0.25) is 0 Å². The number of benzene rings is 3. The summed E-state index contributed by atoms with van der Waals surface area (Å²) in [4.78, 5) is 0. The van der Waals surface area contributed by atoms with Crippen LogP contribution in [-0.4, -0.2) is 0 Å². The molecule has 0 atom stereocenters. The van der Waals surface area contributed by atoms with E-state index in [1.54, 1.807) is 0 Å². The number of rotatable bonds is 2. The lowest BCUT2D eigenvalue weighted by molar-refractivity contribution is -0.138. The van der Waals surface area contributed by atoms with E-state index in [0.29, 0.717) is 11.1 Å². The Bertz CT molecular complexity index is 1060. The highest BCUT2D eigenvalue weighted by atomic mass is 19.4. The van der Waals surface area contributed by atoms with Crippen LogP contribution >= 0.6 is 0 Å². The van der Waals surface area contributed by atoms with Gasteiger partial charge in [-0.15, -0.1) is 0 Å². The average molecular weight is 416 g/mol. The molecule has 30 heavy (non-hydrogen) atoms. The van der Waals surface area contributed by atoms with Crippen molar-refractivity contribution in [1.82, 2.24) is 0 Å². The van der Waals surface area contributed by atoms with Gasteiger partial charge in [0.25, 0.3) is 0 Å². The van der Waals surface area contributed by atoms with Crippen molar-refractivity contribution >= 4 is 0 Å². The second kappa shape index (κ2) is 7.57. The van der Waals surface area contributed by atoms with Crippen LogP contribution in [0.15, 0.2) is 60.7 Å². The summed E-state index contributed by atoms with van der Waals surface area (Å²) in [5.41, 5.74) is -0.760. The minimum Gasteiger partial charge on any atom is -0.192 e. The molecule has 0 N–H and O–H groups in total. The van der Waals surface area contributed by atoms with Crippen molar-refractivity contribution in [2.45, 2.75) is 12.4 Å². The average Bonchev–Trinajstić information content (AvgIpc) is 2.71. The van der Waals surface area contributed by atoms with Crippen LogP contribution in [-0.2, 0) is 12.4 Å². The summed E-state index contributed by atoms with van der Waals surface area (Å²) in [6.45, 7) is 0. The molecule has 0 aliphatic heterocycles. The molecule has 3 aromatic rings. The number of hydrogen-bond donors (Lipinski definition) is 0. The van der Waals surface area contributed by atoms with Crippen LogP contribution in [0.3, 0.4) is 0 Å². The van der Waals surface area contributed by atoms with Gasteiger partial charge in [-0.05, 0) is 35.4 Å². The Morgan fingerprint density at radius 3 is 1.03 bits per heavy atom. The standard InChI is InChI=1S/C22H10F6N2/c23-21(24,25)15-5-1-13(2-6-15)17-9-10-18(20(12-30)19(17)11-29)14-3-7-16(8-4-14)22(26,27)28/h1-10H. The van der Waals surface area contributed by atoms with Gasteiger partial charge < -0.3 is 0 Å². The van der Waals surface area contributed by atoms with Crippen LogP contribution < -0.4 is 0 Å². The maximum Gasteiger partial charge on any atom is 0.416 e. The molecule has 0 unspecified atom stereocenters.